The SMILES string of the molecule is CNC(CCc1ccccn1)Cc1cc(Br)cs1. The molecule has 2 heterocycles. The van der Waals surface area contributed by atoms with E-state index in [4.69, 9.17) is 0 Å². The Labute approximate surface area is 121 Å². The average molecular weight is 325 g/mol. The van der Waals surface area contributed by atoms with Crippen molar-refractivity contribution in [3.05, 3.63) is 50.9 Å². The molecule has 0 fully saturated rings. The maximum Gasteiger partial charge on any atom is 0.0404 e. The molecule has 0 spiro atoms. The molecule has 0 saturated carbocycles. The molecule has 0 bridgehead atoms. The number of hydrogen-bond donors (Lipinski definition) is 1. The van der Waals surface area contributed by atoms with Crippen LogP contribution in [0.1, 0.15) is 17.0 Å². The van der Waals surface area contributed by atoms with Gasteiger partial charge in [-0.25, -0.2) is 0 Å². The second-order valence-corrected chi connectivity index (χ2v) is 6.19. The number of hydrogen-bond acceptors (Lipinski definition) is 3. The lowest BCUT2D eigenvalue weighted by Crippen LogP contribution is -2.27. The molecule has 1 unspecified atom stereocenters. The summed E-state index contributed by atoms with van der Waals surface area (Å²) in [5.41, 5.74) is 1.17. The Hall–Kier alpha value is -0.710. The molecule has 1 N–H and O–H groups in total. The van der Waals surface area contributed by atoms with Crippen LogP contribution < -0.4 is 5.32 Å². The number of halogens is 1. The van der Waals surface area contributed by atoms with Crippen molar-refractivity contribution in [2.24, 2.45) is 0 Å². The number of rotatable bonds is 6. The Balaban J connectivity index is 1.86. The molecule has 4 heteroatoms. The van der Waals surface area contributed by atoms with E-state index in [0.29, 0.717) is 6.04 Å². The predicted molar refractivity (Wildman–Crippen MR) is 81.1 cm³/mol. The van der Waals surface area contributed by atoms with E-state index in [0.717, 1.165) is 19.3 Å². The summed E-state index contributed by atoms with van der Waals surface area (Å²) in [7, 11) is 2.03. The fraction of sp³-hybridized carbons (Fsp3) is 0.357. The summed E-state index contributed by atoms with van der Waals surface area (Å²) in [5, 5.41) is 5.53. The van der Waals surface area contributed by atoms with Crippen LogP contribution in [0.25, 0.3) is 0 Å². The first-order valence-corrected chi connectivity index (χ1v) is 7.75. The normalized spacial score (nSPS) is 12.6. The molecular formula is C14H17BrN2S. The lowest BCUT2D eigenvalue weighted by Gasteiger charge is -2.14. The van der Waals surface area contributed by atoms with Crippen LogP contribution in [0.4, 0.5) is 0 Å². The predicted octanol–water partition coefficient (Wildman–Crippen LogP) is 3.67. The third-order valence-corrected chi connectivity index (χ3v) is 4.67. The molecule has 0 saturated heterocycles. The van der Waals surface area contributed by atoms with Crippen molar-refractivity contribution in [3.63, 3.8) is 0 Å². The van der Waals surface area contributed by atoms with Crippen molar-refractivity contribution in [3.8, 4) is 0 Å². The van der Waals surface area contributed by atoms with E-state index in [9.17, 15) is 0 Å². The highest BCUT2D eigenvalue weighted by Crippen LogP contribution is 2.21. The van der Waals surface area contributed by atoms with Gasteiger partial charge in [-0.05, 0) is 60.4 Å². The van der Waals surface area contributed by atoms with Crippen molar-refractivity contribution in [2.45, 2.75) is 25.3 Å². The van der Waals surface area contributed by atoms with Gasteiger partial charge in [0.25, 0.3) is 0 Å². The molecule has 0 aliphatic carbocycles. The van der Waals surface area contributed by atoms with E-state index in [1.807, 2.05) is 36.7 Å². The number of nitrogens with one attached hydrogen (secondary N) is 1. The zero-order valence-corrected chi connectivity index (χ0v) is 12.8. The Morgan fingerprint density at radius 1 is 1.44 bits per heavy atom. The molecule has 2 aromatic heterocycles. The van der Waals surface area contributed by atoms with Crippen LogP contribution >= 0.6 is 27.3 Å². The zero-order valence-electron chi connectivity index (χ0n) is 10.4. The second-order valence-electron chi connectivity index (χ2n) is 4.28. The van der Waals surface area contributed by atoms with Crippen molar-refractivity contribution in [2.75, 3.05) is 7.05 Å². The Morgan fingerprint density at radius 2 is 2.33 bits per heavy atom. The fourth-order valence-corrected chi connectivity index (χ4v) is 3.45. The summed E-state index contributed by atoms with van der Waals surface area (Å²) in [6.07, 6.45) is 5.08. The Morgan fingerprint density at radius 3 is 2.94 bits per heavy atom. The van der Waals surface area contributed by atoms with Crippen molar-refractivity contribution in [1.29, 1.82) is 0 Å². The summed E-state index contributed by atoms with van der Waals surface area (Å²) in [5.74, 6) is 0. The average Bonchev–Trinajstić information content (AvgIpc) is 2.81. The van der Waals surface area contributed by atoms with Crippen LogP contribution in [0.15, 0.2) is 40.3 Å². The van der Waals surface area contributed by atoms with Gasteiger partial charge in [-0.15, -0.1) is 11.3 Å². The number of thiophene rings is 1. The smallest absolute Gasteiger partial charge is 0.0404 e. The zero-order chi connectivity index (χ0) is 12.8. The maximum atomic E-state index is 4.36. The van der Waals surface area contributed by atoms with Crippen LogP contribution in [0.3, 0.4) is 0 Å². The van der Waals surface area contributed by atoms with E-state index < -0.39 is 0 Å². The van der Waals surface area contributed by atoms with Gasteiger partial charge < -0.3 is 5.32 Å². The van der Waals surface area contributed by atoms with Gasteiger partial charge in [0, 0.05) is 32.7 Å². The minimum atomic E-state index is 0.512. The molecule has 1 atom stereocenters. The first kappa shape index (κ1) is 13.7. The van der Waals surface area contributed by atoms with Gasteiger partial charge >= 0.3 is 0 Å². The fourth-order valence-electron chi connectivity index (χ4n) is 1.92. The summed E-state index contributed by atoms with van der Waals surface area (Å²) in [6, 6.07) is 8.82. The molecule has 2 aromatic rings. The first-order chi connectivity index (χ1) is 8.78. The molecule has 2 nitrogen and oxygen atoms in total. The molecule has 0 aromatic carbocycles. The third-order valence-electron chi connectivity index (χ3n) is 2.95. The molecule has 96 valence electrons. The largest absolute Gasteiger partial charge is 0.317 e. The van der Waals surface area contributed by atoms with Crippen LogP contribution in [-0.4, -0.2) is 18.1 Å². The van der Waals surface area contributed by atoms with Crippen LogP contribution in [0.2, 0.25) is 0 Å². The minimum Gasteiger partial charge on any atom is -0.317 e. The minimum absolute atomic E-state index is 0.512. The van der Waals surface area contributed by atoms with Gasteiger partial charge in [-0.1, -0.05) is 6.07 Å². The van der Waals surface area contributed by atoms with Gasteiger partial charge in [0.2, 0.25) is 0 Å². The number of aromatic nitrogens is 1. The first-order valence-electron chi connectivity index (χ1n) is 6.08. The van der Waals surface area contributed by atoms with Gasteiger partial charge in [0.05, 0.1) is 0 Å². The molecule has 2 rings (SSSR count). The van der Waals surface area contributed by atoms with E-state index in [1.54, 1.807) is 0 Å². The monoisotopic (exact) mass is 324 g/mol. The van der Waals surface area contributed by atoms with E-state index in [-0.39, 0.29) is 0 Å². The van der Waals surface area contributed by atoms with Gasteiger partial charge in [-0.2, -0.15) is 0 Å². The third kappa shape index (κ3) is 4.19. The van der Waals surface area contributed by atoms with Crippen molar-refractivity contribution < 1.29 is 0 Å². The molecular weight excluding hydrogens is 308 g/mol. The van der Waals surface area contributed by atoms with Crippen LogP contribution in [0.5, 0.6) is 0 Å². The topological polar surface area (TPSA) is 24.9 Å². The second kappa shape index (κ2) is 7.02. The van der Waals surface area contributed by atoms with Gasteiger partial charge in [-0.3, -0.25) is 4.98 Å². The van der Waals surface area contributed by atoms with Crippen molar-refractivity contribution >= 4 is 27.3 Å². The molecule has 0 radical (unpaired) electrons. The Bertz CT molecular complexity index is 470. The van der Waals surface area contributed by atoms with E-state index >= 15 is 0 Å². The lowest BCUT2D eigenvalue weighted by atomic mass is 10.1. The molecule has 18 heavy (non-hydrogen) atoms. The number of pyridine rings is 1. The van der Waals surface area contributed by atoms with Crippen LogP contribution in [0, 0.1) is 0 Å². The summed E-state index contributed by atoms with van der Waals surface area (Å²) in [4.78, 5) is 5.78. The highest BCUT2D eigenvalue weighted by Gasteiger charge is 2.09. The number of nitrogens with zero attached hydrogens (tertiary/aromatic N) is 1. The van der Waals surface area contributed by atoms with E-state index in [1.165, 1.54) is 15.0 Å². The van der Waals surface area contributed by atoms with Crippen LogP contribution in [-0.2, 0) is 12.8 Å². The molecule has 0 amide bonds. The standard InChI is InChI=1S/C14H17BrN2S/c1-16-13(9-14-8-11(15)10-18-14)6-5-12-4-2-3-7-17-12/h2-4,7-8,10,13,16H,5-6,9H2,1H3. The summed E-state index contributed by atoms with van der Waals surface area (Å²) in [6.45, 7) is 0. The summed E-state index contributed by atoms with van der Waals surface area (Å²) >= 11 is 5.31. The highest BCUT2D eigenvalue weighted by molar-refractivity contribution is 9.10. The summed E-state index contributed by atoms with van der Waals surface area (Å²) < 4.78 is 1.18. The Kier molecular flexibility index (Phi) is 5.35. The quantitative estimate of drug-likeness (QED) is 0.876. The number of likely N-dealkylation sites (N-methyl/N-ethyl adjacent to an activating group) is 1. The van der Waals surface area contributed by atoms with Gasteiger partial charge in [0.1, 0.15) is 0 Å². The van der Waals surface area contributed by atoms with Gasteiger partial charge in [0.15, 0.2) is 0 Å². The number of aryl methyl sites for hydroxylation is 1. The molecule has 0 aliphatic heterocycles. The highest BCUT2D eigenvalue weighted by atomic mass is 79.9. The lowest BCUT2D eigenvalue weighted by molar-refractivity contribution is 0.520. The molecule has 0 aliphatic rings. The maximum absolute atomic E-state index is 4.36. The van der Waals surface area contributed by atoms with Crippen molar-refractivity contribution in [1.82, 2.24) is 10.3 Å². The van der Waals surface area contributed by atoms with E-state index in [2.05, 4.69) is 43.7 Å².